The molecule has 1 aliphatic rings. The molecule has 1 unspecified atom stereocenters. The Morgan fingerprint density at radius 3 is 2.82 bits per heavy atom. The molecule has 0 radical (unpaired) electrons. The molecule has 2 nitrogen and oxygen atoms in total. The zero-order chi connectivity index (χ0) is 8.27. The van der Waals surface area contributed by atoms with E-state index in [9.17, 15) is 4.79 Å². The van der Waals surface area contributed by atoms with Crippen LogP contribution in [0.2, 0.25) is 0 Å². The summed E-state index contributed by atoms with van der Waals surface area (Å²) in [6, 6.07) is 0. The van der Waals surface area contributed by atoms with E-state index in [0.717, 1.165) is 25.9 Å². The average Bonchev–Trinajstić information content (AvgIpc) is 2.31. The maximum atomic E-state index is 10.8. The molecule has 0 amide bonds. The van der Waals surface area contributed by atoms with Gasteiger partial charge in [-0.2, -0.15) is 0 Å². The Hall–Kier alpha value is -0.370. The van der Waals surface area contributed by atoms with E-state index in [4.69, 9.17) is 4.74 Å². The third kappa shape index (κ3) is 3.02. The highest BCUT2D eigenvalue weighted by Gasteiger charge is 2.21. The molecular formula is C9H16O2. The van der Waals surface area contributed by atoms with Crippen molar-refractivity contribution in [2.24, 2.45) is 5.92 Å². The van der Waals surface area contributed by atoms with Gasteiger partial charge in [0.25, 0.3) is 0 Å². The minimum atomic E-state index is 0.297. The van der Waals surface area contributed by atoms with Crippen LogP contribution in [0.5, 0.6) is 0 Å². The number of carbonyl (C=O) groups excluding carboxylic acids is 1. The van der Waals surface area contributed by atoms with Gasteiger partial charge in [0.2, 0.25) is 0 Å². The number of hydrogen-bond acceptors (Lipinski definition) is 2. The quantitative estimate of drug-likeness (QED) is 0.622. The van der Waals surface area contributed by atoms with Crippen LogP contribution in [-0.2, 0) is 9.53 Å². The number of ketones is 1. The van der Waals surface area contributed by atoms with Crippen LogP contribution in [0.4, 0.5) is 0 Å². The van der Waals surface area contributed by atoms with Crippen molar-refractivity contribution in [2.45, 2.75) is 39.2 Å². The molecule has 1 aliphatic carbocycles. The topological polar surface area (TPSA) is 26.3 Å². The number of rotatable bonds is 3. The Kier molecular flexibility index (Phi) is 3.06. The second-order valence-corrected chi connectivity index (χ2v) is 3.53. The van der Waals surface area contributed by atoms with Gasteiger partial charge in [-0.05, 0) is 26.2 Å². The van der Waals surface area contributed by atoms with Crippen LogP contribution in [-0.4, -0.2) is 18.5 Å². The third-order valence-corrected chi connectivity index (χ3v) is 2.01. The fourth-order valence-corrected chi connectivity index (χ4v) is 1.36. The predicted molar refractivity (Wildman–Crippen MR) is 43.4 cm³/mol. The van der Waals surface area contributed by atoms with Crippen molar-refractivity contribution in [1.29, 1.82) is 0 Å². The first-order valence-corrected chi connectivity index (χ1v) is 4.32. The second kappa shape index (κ2) is 3.86. The Labute approximate surface area is 67.9 Å². The Morgan fingerprint density at radius 2 is 2.36 bits per heavy atom. The minimum Gasteiger partial charge on any atom is -0.378 e. The van der Waals surface area contributed by atoms with Crippen molar-refractivity contribution in [1.82, 2.24) is 0 Å². The van der Waals surface area contributed by atoms with E-state index in [-0.39, 0.29) is 0 Å². The molecule has 1 fully saturated rings. The molecule has 1 atom stereocenters. The Balaban J connectivity index is 2.13. The number of hydrogen-bond donors (Lipinski definition) is 0. The summed E-state index contributed by atoms with van der Waals surface area (Å²) in [7, 11) is 0. The molecule has 0 aromatic heterocycles. The van der Waals surface area contributed by atoms with Gasteiger partial charge in [-0.15, -0.1) is 0 Å². The molecule has 0 aliphatic heterocycles. The van der Waals surface area contributed by atoms with Crippen molar-refractivity contribution >= 4 is 5.78 Å². The summed E-state index contributed by atoms with van der Waals surface area (Å²) in [4.78, 5) is 10.8. The van der Waals surface area contributed by atoms with Crippen molar-refractivity contribution in [3.8, 4) is 0 Å². The van der Waals surface area contributed by atoms with Crippen molar-refractivity contribution < 1.29 is 9.53 Å². The molecule has 0 saturated heterocycles. The fraction of sp³-hybridized carbons (Fsp3) is 0.889. The summed E-state index contributed by atoms with van der Waals surface area (Å²) < 4.78 is 5.42. The zero-order valence-corrected chi connectivity index (χ0v) is 7.30. The van der Waals surface area contributed by atoms with Crippen LogP contribution in [0.25, 0.3) is 0 Å². The van der Waals surface area contributed by atoms with Crippen LogP contribution in [0, 0.1) is 5.92 Å². The minimum absolute atomic E-state index is 0.297. The van der Waals surface area contributed by atoms with Gasteiger partial charge in [-0.1, -0.05) is 0 Å². The van der Waals surface area contributed by atoms with E-state index in [1.807, 2.05) is 13.8 Å². The predicted octanol–water partition coefficient (Wildman–Crippen LogP) is 1.78. The molecule has 1 saturated carbocycles. The van der Waals surface area contributed by atoms with E-state index in [1.165, 1.54) is 0 Å². The van der Waals surface area contributed by atoms with Gasteiger partial charge in [-0.3, -0.25) is 4.79 Å². The van der Waals surface area contributed by atoms with Crippen LogP contribution in [0.1, 0.15) is 33.1 Å². The summed E-state index contributed by atoms with van der Waals surface area (Å²) in [6.45, 7) is 4.82. The third-order valence-electron chi connectivity index (χ3n) is 2.01. The summed E-state index contributed by atoms with van der Waals surface area (Å²) in [5, 5.41) is 0. The summed E-state index contributed by atoms with van der Waals surface area (Å²) >= 11 is 0. The fourth-order valence-electron chi connectivity index (χ4n) is 1.36. The SMILES string of the molecule is CC(C)OCC1CCC(=O)C1. The van der Waals surface area contributed by atoms with Gasteiger partial charge in [0, 0.05) is 12.8 Å². The van der Waals surface area contributed by atoms with E-state index in [0.29, 0.717) is 17.8 Å². The monoisotopic (exact) mass is 156 g/mol. The van der Waals surface area contributed by atoms with E-state index < -0.39 is 0 Å². The van der Waals surface area contributed by atoms with Crippen LogP contribution in [0.15, 0.2) is 0 Å². The smallest absolute Gasteiger partial charge is 0.133 e. The molecule has 0 aromatic carbocycles. The maximum Gasteiger partial charge on any atom is 0.133 e. The van der Waals surface area contributed by atoms with Gasteiger partial charge in [0.05, 0.1) is 12.7 Å². The van der Waals surface area contributed by atoms with E-state index in [2.05, 4.69) is 0 Å². The van der Waals surface area contributed by atoms with Gasteiger partial charge < -0.3 is 4.74 Å². The first-order valence-electron chi connectivity index (χ1n) is 4.32. The summed E-state index contributed by atoms with van der Waals surface area (Å²) in [5.74, 6) is 0.909. The maximum absolute atomic E-state index is 10.8. The van der Waals surface area contributed by atoms with Gasteiger partial charge in [0.1, 0.15) is 5.78 Å². The average molecular weight is 156 g/mol. The normalized spacial score (nSPS) is 25.0. The second-order valence-electron chi connectivity index (χ2n) is 3.53. The number of ether oxygens (including phenoxy) is 1. The highest BCUT2D eigenvalue weighted by molar-refractivity contribution is 5.80. The first kappa shape index (κ1) is 8.72. The molecule has 64 valence electrons. The lowest BCUT2D eigenvalue weighted by molar-refractivity contribution is -0.117. The summed E-state index contributed by atoms with van der Waals surface area (Å²) in [5.41, 5.74) is 0. The molecule has 11 heavy (non-hydrogen) atoms. The highest BCUT2D eigenvalue weighted by Crippen LogP contribution is 2.22. The van der Waals surface area contributed by atoms with Gasteiger partial charge in [-0.25, -0.2) is 0 Å². The first-order chi connectivity index (χ1) is 5.18. The Bertz CT molecular complexity index is 140. The van der Waals surface area contributed by atoms with Crippen molar-refractivity contribution in [3.05, 3.63) is 0 Å². The van der Waals surface area contributed by atoms with Crippen molar-refractivity contribution in [3.63, 3.8) is 0 Å². The van der Waals surface area contributed by atoms with E-state index in [1.54, 1.807) is 0 Å². The van der Waals surface area contributed by atoms with E-state index >= 15 is 0 Å². The lowest BCUT2D eigenvalue weighted by atomic mass is 10.1. The molecule has 0 N–H and O–H groups in total. The molecule has 0 heterocycles. The largest absolute Gasteiger partial charge is 0.378 e. The van der Waals surface area contributed by atoms with Crippen LogP contribution in [0.3, 0.4) is 0 Å². The van der Waals surface area contributed by atoms with Crippen LogP contribution < -0.4 is 0 Å². The highest BCUT2D eigenvalue weighted by atomic mass is 16.5. The number of Topliss-reactive ketones (excluding diaryl/α,β-unsaturated/α-hetero) is 1. The molecule has 0 aromatic rings. The van der Waals surface area contributed by atoms with Crippen molar-refractivity contribution in [2.75, 3.05) is 6.61 Å². The standard InChI is InChI=1S/C9H16O2/c1-7(2)11-6-8-3-4-9(10)5-8/h7-8H,3-6H2,1-2H3. The molecule has 0 bridgehead atoms. The number of carbonyl (C=O) groups is 1. The Morgan fingerprint density at radius 1 is 1.64 bits per heavy atom. The van der Waals surface area contributed by atoms with Gasteiger partial charge >= 0.3 is 0 Å². The molecule has 1 rings (SSSR count). The summed E-state index contributed by atoms with van der Waals surface area (Å²) in [6.07, 6.45) is 2.84. The zero-order valence-electron chi connectivity index (χ0n) is 7.30. The van der Waals surface area contributed by atoms with Crippen LogP contribution >= 0.6 is 0 Å². The molecular weight excluding hydrogens is 140 g/mol. The lowest BCUT2D eigenvalue weighted by Crippen LogP contribution is -2.11. The van der Waals surface area contributed by atoms with Gasteiger partial charge in [0.15, 0.2) is 0 Å². The molecule has 2 heteroatoms. The molecule has 0 spiro atoms. The lowest BCUT2D eigenvalue weighted by Gasteiger charge is -2.11.